The molecule has 1 heterocycles. The molecule has 1 unspecified atom stereocenters. The molecule has 94 valence electrons. The van der Waals surface area contributed by atoms with Crippen LogP contribution in [0.3, 0.4) is 0 Å². The van der Waals surface area contributed by atoms with Gasteiger partial charge in [-0.25, -0.2) is 0 Å². The lowest BCUT2D eigenvalue weighted by atomic mass is 9.92. The lowest BCUT2D eigenvalue weighted by Crippen LogP contribution is -2.45. The number of nitrogens with zero attached hydrogens (tertiary/aromatic N) is 1. The van der Waals surface area contributed by atoms with Crippen LogP contribution in [-0.4, -0.2) is 44.0 Å². The number of rotatable bonds is 4. The summed E-state index contributed by atoms with van der Waals surface area (Å²) in [5.41, 5.74) is 5.69. The second kappa shape index (κ2) is 5.64. The van der Waals surface area contributed by atoms with Crippen molar-refractivity contribution < 1.29 is 4.79 Å². The van der Waals surface area contributed by atoms with Crippen LogP contribution in [0.15, 0.2) is 0 Å². The summed E-state index contributed by atoms with van der Waals surface area (Å²) in [6.07, 6.45) is 2.11. The van der Waals surface area contributed by atoms with Crippen LogP contribution in [0.4, 0.5) is 0 Å². The quantitative estimate of drug-likeness (QED) is 0.732. The zero-order chi connectivity index (χ0) is 12.2. The first-order valence-electron chi connectivity index (χ1n) is 6.12. The average Bonchev–Trinajstić information content (AvgIpc) is 2.28. The van der Waals surface area contributed by atoms with Crippen molar-refractivity contribution in [2.75, 3.05) is 33.2 Å². The fourth-order valence-electron chi connectivity index (χ4n) is 2.16. The molecule has 4 nitrogen and oxygen atoms in total. The van der Waals surface area contributed by atoms with Crippen molar-refractivity contribution >= 4 is 5.91 Å². The molecular weight excluding hydrogens is 202 g/mol. The SMILES string of the molecule is CN(CC(C)(C)CN)C(=O)C1CCCNC1. The fraction of sp³-hybridized carbons (Fsp3) is 0.917. The molecule has 0 spiro atoms. The van der Waals surface area contributed by atoms with Crippen LogP contribution in [-0.2, 0) is 4.79 Å². The molecule has 1 aliphatic rings. The molecule has 0 aromatic rings. The summed E-state index contributed by atoms with van der Waals surface area (Å²) in [4.78, 5) is 14.0. The summed E-state index contributed by atoms with van der Waals surface area (Å²) < 4.78 is 0. The topological polar surface area (TPSA) is 58.4 Å². The van der Waals surface area contributed by atoms with Crippen LogP contribution in [0.1, 0.15) is 26.7 Å². The maximum absolute atomic E-state index is 12.1. The second-order valence-electron chi connectivity index (χ2n) is 5.61. The minimum Gasteiger partial charge on any atom is -0.345 e. The van der Waals surface area contributed by atoms with Gasteiger partial charge in [-0.05, 0) is 31.3 Å². The van der Waals surface area contributed by atoms with E-state index in [9.17, 15) is 4.79 Å². The third-order valence-electron chi connectivity index (χ3n) is 3.24. The molecule has 0 radical (unpaired) electrons. The van der Waals surface area contributed by atoms with E-state index in [1.165, 1.54) is 0 Å². The van der Waals surface area contributed by atoms with Crippen LogP contribution in [0.2, 0.25) is 0 Å². The van der Waals surface area contributed by atoms with Crippen molar-refractivity contribution in [3.05, 3.63) is 0 Å². The summed E-state index contributed by atoms with van der Waals surface area (Å²) in [6.45, 7) is 7.40. The number of nitrogens with one attached hydrogen (secondary N) is 1. The molecule has 0 bridgehead atoms. The Morgan fingerprint density at radius 2 is 2.25 bits per heavy atom. The molecule has 0 aromatic carbocycles. The first kappa shape index (κ1) is 13.5. The molecule has 1 atom stereocenters. The van der Waals surface area contributed by atoms with Crippen LogP contribution in [0.5, 0.6) is 0 Å². The van der Waals surface area contributed by atoms with E-state index in [0.717, 1.165) is 32.5 Å². The van der Waals surface area contributed by atoms with Gasteiger partial charge >= 0.3 is 0 Å². The number of hydrogen-bond acceptors (Lipinski definition) is 3. The lowest BCUT2D eigenvalue weighted by Gasteiger charge is -2.32. The summed E-state index contributed by atoms with van der Waals surface area (Å²) in [5.74, 6) is 0.418. The fourth-order valence-corrected chi connectivity index (χ4v) is 2.16. The van der Waals surface area contributed by atoms with Gasteiger partial charge in [0.1, 0.15) is 0 Å². The standard InChI is InChI=1S/C12H25N3O/c1-12(2,8-13)9-15(3)11(16)10-5-4-6-14-7-10/h10,14H,4-9,13H2,1-3H3. The maximum atomic E-state index is 12.1. The van der Waals surface area contributed by atoms with Crippen molar-refractivity contribution in [2.24, 2.45) is 17.1 Å². The molecule has 0 saturated carbocycles. The Kier molecular flexibility index (Phi) is 4.74. The predicted octanol–water partition coefficient (Wildman–Crippen LogP) is 0.429. The van der Waals surface area contributed by atoms with Gasteiger partial charge in [0.2, 0.25) is 5.91 Å². The maximum Gasteiger partial charge on any atom is 0.226 e. The smallest absolute Gasteiger partial charge is 0.226 e. The zero-order valence-electron chi connectivity index (χ0n) is 10.8. The van der Waals surface area contributed by atoms with E-state index in [2.05, 4.69) is 19.2 Å². The van der Waals surface area contributed by atoms with Crippen molar-refractivity contribution in [1.29, 1.82) is 0 Å². The Labute approximate surface area is 98.6 Å². The molecule has 3 N–H and O–H groups in total. The van der Waals surface area contributed by atoms with Crippen molar-refractivity contribution in [3.63, 3.8) is 0 Å². The Balaban J connectivity index is 2.46. The van der Waals surface area contributed by atoms with E-state index in [1.807, 2.05) is 11.9 Å². The largest absolute Gasteiger partial charge is 0.345 e. The van der Waals surface area contributed by atoms with Crippen molar-refractivity contribution in [3.8, 4) is 0 Å². The Morgan fingerprint density at radius 1 is 1.56 bits per heavy atom. The van der Waals surface area contributed by atoms with Crippen LogP contribution in [0.25, 0.3) is 0 Å². The van der Waals surface area contributed by atoms with E-state index < -0.39 is 0 Å². The molecule has 1 fully saturated rings. The third-order valence-corrected chi connectivity index (χ3v) is 3.24. The van der Waals surface area contributed by atoms with Gasteiger partial charge < -0.3 is 16.0 Å². The van der Waals surface area contributed by atoms with E-state index in [4.69, 9.17) is 5.73 Å². The van der Waals surface area contributed by atoms with E-state index in [-0.39, 0.29) is 17.2 Å². The number of nitrogens with two attached hydrogens (primary N) is 1. The number of carbonyl (C=O) groups excluding carboxylic acids is 1. The summed E-state index contributed by atoms with van der Waals surface area (Å²) in [7, 11) is 1.88. The first-order valence-corrected chi connectivity index (χ1v) is 6.12. The molecule has 1 aliphatic heterocycles. The monoisotopic (exact) mass is 227 g/mol. The van der Waals surface area contributed by atoms with Crippen molar-refractivity contribution in [1.82, 2.24) is 10.2 Å². The van der Waals surface area contributed by atoms with Crippen molar-refractivity contribution in [2.45, 2.75) is 26.7 Å². The zero-order valence-corrected chi connectivity index (χ0v) is 10.8. The average molecular weight is 227 g/mol. The Morgan fingerprint density at radius 3 is 2.75 bits per heavy atom. The number of hydrogen-bond donors (Lipinski definition) is 2. The van der Waals surface area contributed by atoms with E-state index in [0.29, 0.717) is 6.54 Å². The number of piperidine rings is 1. The van der Waals surface area contributed by atoms with Crippen LogP contribution < -0.4 is 11.1 Å². The van der Waals surface area contributed by atoms with Gasteiger partial charge in [0.15, 0.2) is 0 Å². The lowest BCUT2D eigenvalue weighted by molar-refractivity contribution is -0.135. The van der Waals surface area contributed by atoms with Gasteiger partial charge in [-0.2, -0.15) is 0 Å². The normalized spacial score (nSPS) is 21.9. The molecular formula is C12H25N3O. The van der Waals surface area contributed by atoms with Gasteiger partial charge in [0.05, 0.1) is 5.92 Å². The number of amides is 1. The highest BCUT2D eigenvalue weighted by molar-refractivity contribution is 5.79. The number of carbonyl (C=O) groups is 1. The minimum atomic E-state index is 0.00645. The summed E-state index contributed by atoms with van der Waals surface area (Å²) >= 11 is 0. The highest BCUT2D eigenvalue weighted by Gasteiger charge is 2.27. The molecule has 4 heteroatoms. The predicted molar refractivity (Wildman–Crippen MR) is 66.1 cm³/mol. The second-order valence-corrected chi connectivity index (χ2v) is 5.61. The minimum absolute atomic E-state index is 0.00645. The van der Waals surface area contributed by atoms with Crippen LogP contribution in [0, 0.1) is 11.3 Å². The van der Waals surface area contributed by atoms with Gasteiger partial charge in [-0.15, -0.1) is 0 Å². The summed E-state index contributed by atoms with van der Waals surface area (Å²) in [6, 6.07) is 0. The molecule has 1 rings (SSSR count). The first-order chi connectivity index (χ1) is 7.46. The van der Waals surface area contributed by atoms with Gasteiger partial charge in [-0.1, -0.05) is 13.8 Å². The van der Waals surface area contributed by atoms with E-state index in [1.54, 1.807) is 0 Å². The van der Waals surface area contributed by atoms with Gasteiger partial charge in [0, 0.05) is 20.1 Å². The Bertz CT molecular complexity index is 234. The van der Waals surface area contributed by atoms with Gasteiger partial charge in [-0.3, -0.25) is 4.79 Å². The molecule has 16 heavy (non-hydrogen) atoms. The van der Waals surface area contributed by atoms with Crippen LogP contribution >= 0.6 is 0 Å². The molecule has 0 aliphatic carbocycles. The summed E-state index contributed by atoms with van der Waals surface area (Å²) in [5, 5.41) is 3.28. The highest BCUT2D eigenvalue weighted by Crippen LogP contribution is 2.18. The molecule has 1 amide bonds. The Hall–Kier alpha value is -0.610. The third kappa shape index (κ3) is 3.76. The highest BCUT2D eigenvalue weighted by atomic mass is 16.2. The molecule has 1 saturated heterocycles. The molecule has 0 aromatic heterocycles. The van der Waals surface area contributed by atoms with Gasteiger partial charge in [0.25, 0.3) is 0 Å². The van der Waals surface area contributed by atoms with E-state index >= 15 is 0 Å².